The quantitative estimate of drug-likeness (QED) is 0.564. The summed E-state index contributed by atoms with van der Waals surface area (Å²) in [6.45, 7) is 5.67. The number of likely N-dealkylation sites (N-methyl/N-ethyl adjacent to an activating group) is 1. The van der Waals surface area contributed by atoms with Crippen LogP contribution < -0.4 is 10.6 Å². The van der Waals surface area contributed by atoms with Gasteiger partial charge in [-0.1, -0.05) is 18.2 Å². The van der Waals surface area contributed by atoms with E-state index in [-0.39, 0.29) is 30.6 Å². The third kappa shape index (κ3) is 5.62. The van der Waals surface area contributed by atoms with Crippen LogP contribution in [0.15, 0.2) is 36.4 Å². The molecule has 0 saturated carbocycles. The Morgan fingerprint density at radius 3 is 2.18 bits per heavy atom. The van der Waals surface area contributed by atoms with Gasteiger partial charge in [0, 0.05) is 17.8 Å². The van der Waals surface area contributed by atoms with Gasteiger partial charge in [0.2, 0.25) is 11.8 Å². The number of carbonyl (C=O) groups is 2. The van der Waals surface area contributed by atoms with Crippen LogP contribution in [0.3, 0.4) is 0 Å². The second kappa shape index (κ2) is 9.09. The lowest BCUT2D eigenvalue weighted by atomic mass is 10.1. The zero-order valence-electron chi connectivity index (χ0n) is 16.4. The smallest absolute Gasteiger partial charge is 0.271 e. The molecule has 2 N–H and O–H groups in total. The molecule has 8 nitrogen and oxygen atoms in total. The van der Waals surface area contributed by atoms with Crippen LogP contribution in [-0.2, 0) is 9.59 Å². The van der Waals surface area contributed by atoms with E-state index in [0.717, 1.165) is 16.8 Å². The van der Waals surface area contributed by atoms with Crippen LogP contribution in [0, 0.1) is 30.9 Å². The molecule has 2 rings (SSSR count). The summed E-state index contributed by atoms with van der Waals surface area (Å²) < 4.78 is 0. The van der Waals surface area contributed by atoms with Crippen LogP contribution in [0.1, 0.15) is 16.7 Å². The van der Waals surface area contributed by atoms with Crippen molar-refractivity contribution < 1.29 is 14.5 Å². The molecule has 0 fully saturated rings. The van der Waals surface area contributed by atoms with E-state index in [0.29, 0.717) is 11.3 Å². The number of hydrogen-bond donors (Lipinski definition) is 2. The lowest BCUT2D eigenvalue weighted by Crippen LogP contribution is -2.36. The Kier molecular flexibility index (Phi) is 6.84. The summed E-state index contributed by atoms with van der Waals surface area (Å²) in [7, 11) is 1.66. The Hall–Kier alpha value is -3.26. The van der Waals surface area contributed by atoms with Gasteiger partial charge in [-0.2, -0.15) is 0 Å². The van der Waals surface area contributed by atoms with E-state index < -0.39 is 4.92 Å². The topological polar surface area (TPSA) is 105 Å². The highest BCUT2D eigenvalue weighted by atomic mass is 16.6. The largest absolute Gasteiger partial charge is 0.325 e. The first-order valence-corrected chi connectivity index (χ1v) is 8.77. The van der Waals surface area contributed by atoms with Crippen molar-refractivity contribution in [1.82, 2.24) is 4.90 Å². The van der Waals surface area contributed by atoms with Crippen LogP contribution in [-0.4, -0.2) is 41.8 Å². The molecule has 0 aliphatic heterocycles. The van der Waals surface area contributed by atoms with E-state index in [1.165, 1.54) is 12.1 Å². The Labute approximate surface area is 163 Å². The summed E-state index contributed by atoms with van der Waals surface area (Å²) in [5.74, 6) is -0.582. The Morgan fingerprint density at radius 1 is 0.964 bits per heavy atom. The molecule has 0 aromatic heterocycles. The number of non-ortho nitro benzene ring substituents is 1. The van der Waals surface area contributed by atoms with Gasteiger partial charge in [0.1, 0.15) is 0 Å². The molecule has 0 unspecified atom stereocenters. The van der Waals surface area contributed by atoms with Crippen molar-refractivity contribution in [2.24, 2.45) is 0 Å². The van der Waals surface area contributed by atoms with Gasteiger partial charge >= 0.3 is 0 Å². The zero-order chi connectivity index (χ0) is 20.8. The predicted octanol–water partition coefficient (Wildman–Crippen LogP) is 3.03. The Morgan fingerprint density at radius 2 is 1.57 bits per heavy atom. The summed E-state index contributed by atoms with van der Waals surface area (Å²) in [5.41, 5.74) is 3.83. The van der Waals surface area contributed by atoms with Crippen LogP contribution in [0.5, 0.6) is 0 Å². The molecule has 0 radical (unpaired) electrons. The van der Waals surface area contributed by atoms with E-state index in [4.69, 9.17) is 0 Å². The fourth-order valence-electron chi connectivity index (χ4n) is 2.67. The lowest BCUT2D eigenvalue weighted by Gasteiger charge is -2.17. The van der Waals surface area contributed by atoms with E-state index in [1.54, 1.807) is 24.9 Å². The van der Waals surface area contributed by atoms with E-state index in [1.807, 2.05) is 32.0 Å². The fraction of sp³-hybridized carbons (Fsp3) is 0.300. The number of nitrogens with one attached hydrogen (secondary N) is 2. The standard InChI is InChI=1S/C20H24N4O4/c1-13-6-5-7-17(15(13)3)21-19(25)11-23(4)12-20(26)22-18-10-16(24(27)28)9-8-14(18)2/h5-10H,11-12H2,1-4H3,(H,21,25)(H,22,26). The van der Waals surface area contributed by atoms with Gasteiger partial charge in [-0.05, 0) is 50.6 Å². The van der Waals surface area contributed by atoms with Gasteiger partial charge in [0.05, 0.1) is 23.7 Å². The molecule has 28 heavy (non-hydrogen) atoms. The summed E-state index contributed by atoms with van der Waals surface area (Å²) in [4.78, 5) is 36.4. The van der Waals surface area contributed by atoms with Crippen molar-refractivity contribution in [3.05, 3.63) is 63.2 Å². The molecule has 0 atom stereocenters. The summed E-state index contributed by atoms with van der Waals surface area (Å²) >= 11 is 0. The molecule has 2 aromatic carbocycles. The molecular formula is C20H24N4O4. The average Bonchev–Trinajstić information content (AvgIpc) is 2.60. The van der Waals surface area contributed by atoms with Crippen molar-refractivity contribution in [2.45, 2.75) is 20.8 Å². The maximum absolute atomic E-state index is 12.2. The normalized spacial score (nSPS) is 10.6. The molecular weight excluding hydrogens is 360 g/mol. The van der Waals surface area contributed by atoms with E-state index in [9.17, 15) is 19.7 Å². The third-order valence-electron chi connectivity index (χ3n) is 4.41. The second-order valence-corrected chi connectivity index (χ2v) is 6.77. The molecule has 0 spiro atoms. The highest BCUT2D eigenvalue weighted by Crippen LogP contribution is 2.22. The molecule has 0 bridgehead atoms. The van der Waals surface area contributed by atoms with Gasteiger partial charge < -0.3 is 10.6 Å². The van der Waals surface area contributed by atoms with Crippen molar-refractivity contribution in [2.75, 3.05) is 30.8 Å². The number of nitrogens with zero attached hydrogens (tertiary/aromatic N) is 2. The summed E-state index contributed by atoms with van der Waals surface area (Å²) in [5, 5.41) is 16.4. The van der Waals surface area contributed by atoms with Gasteiger partial charge in [0.15, 0.2) is 0 Å². The minimum absolute atomic E-state index is 0.0254. The van der Waals surface area contributed by atoms with Crippen LogP contribution >= 0.6 is 0 Å². The SMILES string of the molecule is Cc1ccc([N+](=O)[O-])cc1NC(=O)CN(C)CC(=O)Nc1cccc(C)c1C. The van der Waals surface area contributed by atoms with Crippen LogP contribution in [0.2, 0.25) is 0 Å². The van der Waals surface area contributed by atoms with E-state index >= 15 is 0 Å². The highest BCUT2D eigenvalue weighted by molar-refractivity contribution is 5.95. The third-order valence-corrected chi connectivity index (χ3v) is 4.41. The first-order chi connectivity index (χ1) is 13.2. The molecule has 0 saturated heterocycles. The number of nitro groups is 1. The number of benzene rings is 2. The van der Waals surface area contributed by atoms with Gasteiger partial charge in [-0.15, -0.1) is 0 Å². The number of aryl methyl sites for hydroxylation is 2. The molecule has 148 valence electrons. The van der Waals surface area contributed by atoms with E-state index in [2.05, 4.69) is 10.6 Å². The number of rotatable bonds is 7. The minimum Gasteiger partial charge on any atom is -0.325 e. The molecule has 8 heteroatoms. The van der Waals surface area contributed by atoms with Crippen molar-refractivity contribution in [3.8, 4) is 0 Å². The van der Waals surface area contributed by atoms with Crippen molar-refractivity contribution >= 4 is 28.9 Å². The van der Waals surface area contributed by atoms with Crippen LogP contribution in [0.25, 0.3) is 0 Å². The van der Waals surface area contributed by atoms with Crippen LogP contribution in [0.4, 0.5) is 17.1 Å². The number of nitro benzene ring substituents is 1. The number of amides is 2. The molecule has 2 aromatic rings. The summed E-state index contributed by atoms with van der Waals surface area (Å²) in [6, 6.07) is 9.95. The zero-order valence-corrected chi connectivity index (χ0v) is 16.4. The first kappa shape index (κ1) is 21.0. The summed E-state index contributed by atoms with van der Waals surface area (Å²) in [6.07, 6.45) is 0. The average molecular weight is 384 g/mol. The Bertz CT molecular complexity index is 911. The minimum atomic E-state index is -0.515. The van der Waals surface area contributed by atoms with Crippen molar-refractivity contribution in [1.29, 1.82) is 0 Å². The molecule has 0 aliphatic carbocycles. The Balaban J connectivity index is 1.92. The molecule has 0 heterocycles. The molecule has 0 aliphatic rings. The fourth-order valence-corrected chi connectivity index (χ4v) is 2.67. The number of hydrogen-bond acceptors (Lipinski definition) is 5. The number of anilines is 2. The second-order valence-electron chi connectivity index (χ2n) is 6.77. The lowest BCUT2D eigenvalue weighted by molar-refractivity contribution is -0.384. The van der Waals surface area contributed by atoms with Gasteiger partial charge in [-0.3, -0.25) is 24.6 Å². The predicted molar refractivity (Wildman–Crippen MR) is 109 cm³/mol. The maximum atomic E-state index is 12.2. The van der Waals surface area contributed by atoms with Gasteiger partial charge in [0.25, 0.3) is 5.69 Å². The number of carbonyl (C=O) groups excluding carboxylic acids is 2. The maximum Gasteiger partial charge on any atom is 0.271 e. The van der Waals surface area contributed by atoms with Crippen molar-refractivity contribution in [3.63, 3.8) is 0 Å². The highest BCUT2D eigenvalue weighted by Gasteiger charge is 2.14. The van der Waals surface area contributed by atoms with Gasteiger partial charge in [-0.25, -0.2) is 0 Å². The monoisotopic (exact) mass is 384 g/mol. The molecule has 2 amide bonds. The first-order valence-electron chi connectivity index (χ1n) is 8.77.